The van der Waals surface area contributed by atoms with E-state index < -0.39 is 0 Å². The van der Waals surface area contributed by atoms with Gasteiger partial charge in [0.15, 0.2) is 0 Å². The van der Waals surface area contributed by atoms with E-state index in [-0.39, 0.29) is 0 Å². The van der Waals surface area contributed by atoms with Crippen molar-refractivity contribution in [1.82, 2.24) is 9.13 Å². The second-order valence-corrected chi connectivity index (χ2v) is 14.5. The first-order valence-electron chi connectivity index (χ1n) is 18.5. The van der Waals surface area contributed by atoms with Crippen LogP contribution < -0.4 is 0 Å². The maximum Gasteiger partial charge on any atom is 0.137 e. The highest BCUT2D eigenvalue weighted by atomic mass is 16.3. The fraction of sp³-hybridized carbons (Fsp3) is 0.0200. The van der Waals surface area contributed by atoms with E-state index in [9.17, 15) is 5.26 Å². The summed E-state index contributed by atoms with van der Waals surface area (Å²) in [5, 5.41) is 19.6. The van der Waals surface area contributed by atoms with Gasteiger partial charge in [0.1, 0.15) is 28.4 Å². The fourth-order valence-electron chi connectivity index (χ4n) is 9.02. The van der Waals surface area contributed by atoms with Crippen LogP contribution in [-0.2, 0) is 0 Å². The molecule has 0 aliphatic carbocycles. The summed E-state index contributed by atoms with van der Waals surface area (Å²) >= 11 is 0. The van der Waals surface area contributed by atoms with Crippen LogP contribution in [0.3, 0.4) is 0 Å². The molecule has 4 aromatic heterocycles. The van der Waals surface area contributed by atoms with Gasteiger partial charge in [-0.2, -0.15) is 5.26 Å². The molecule has 0 N–H and O–H groups in total. The molecule has 0 spiro atoms. The van der Waals surface area contributed by atoms with Crippen molar-refractivity contribution < 1.29 is 8.83 Å². The first-order chi connectivity index (χ1) is 27.1. The summed E-state index contributed by atoms with van der Waals surface area (Å²) < 4.78 is 17.4. The Morgan fingerprint density at radius 3 is 1.98 bits per heavy atom. The summed E-state index contributed by atoms with van der Waals surface area (Å²) in [5.41, 5.74) is 13.5. The van der Waals surface area contributed by atoms with Crippen LogP contribution >= 0.6 is 0 Å². The maximum atomic E-state index is 10.7. The summed E-state index contributed by atoms with van der Waals surface area (Å²) in [6.07, 6.45) is 0. The van der Waals surface area contributed by atoms with E-state index in [0.29, 0.717) is 5.56 Å². The van der Waals surface area contributed by atoms with Gasteiger partial charge in [-0.05, 0) is 85.3 Å². The Bertz CT molecular complexity index is 3620. The van der Waals surface area contributed by atoms with Crippen molar-refractivity contribution in [3.05, 3.63) is 169 Å². The molecule has 256 valence electrons. The van der Waals surface area contributed by atoms with Crippen molar-refractivity contribution in [3.8, 4) is 28.6 Å². The standard InChI is InChI=1S/C50H29N3O2/c1-29-17-23-45-40(25-29)48-46(54-45)24-22-37-34-10-2-5-14-41(34)52(50(37)48)32-20-18-30(19-21-32)33-13-8-9-31(28-51)49(33)53-42-15-6-3-11-35(42)38-27-47-39(26-43(38)53)36-12-4-7-16-44(36)55-47/h2-27H,1H3. The summed E-state index contributed by atoms with van der Waals surface area (Å²) in [5.74, 6) is 0. The lowest BCUT2D eigenvalue weighted by atomic mass is 9.99. The smallest absolute Gasteiger partial charge is 0.137 e. The summed E-state index contributed by atoms with van der Waals surface area (Å²) in [6.45, 7) is 2.13. The number of aryl methyl sites for hydroxylation is 1. The number of para-hydroxylation sites is 4. The molecule has 55 heavy (non-hydrogen) atoms. The van der Waals surface area contributed by atoms with Crippen LogP contribution in [0.4, 0.5) is 0 Å². The lowest BCUT2D eigenvalue weighted by Gasteiger charge is -2.16. The Hall–Kier alpha value is -7.55. The van der Waals surface area contributed by atoms with Crippen LogP contribution in [0.15, 0.2) is 167 Å². The highest BCUT2D eigenvalue weighted by Crippen LogP contribution is 2.43. The van der Waals surface area contributed by atoms with Crippen molar-refractivity contribution >= 4 is 87.5 Å². The van der Waals surface area contributed by atoms with Crippen LogP contribution in [-0.4, -0.2) is 9.13 Å². The van der Waals surface area contributed by atoms with Crippen LogP contribution in [0.2, 0.25) is 0 Å². The minimum absolute atomic E-state index is 0.605. The quantitative estimate of drug-likeness (QED) is 0.184. The van der Waals surface area contributed by atoms with Crippen LogP contribution in [0.25, 0.3) is 110 Å². The van der Waals surface area contributed by atoms with E-state index in [0.717, 1.165) is 99.2 Å². The fourth-order valence-corrected chi connectivity index (χ4v) is 9.02. The van der Waals surface area contributed by atoms with Crippen LogP contribution in [0, 0.1) is 18.3 Å². The van der Waals surface area contributed by atoms with Crippen molar-refractivity contribution in [2.75, 3.05) is 0 Å². The third-order valence-corrected chi connectivity index (χ3v) is 11.4. The minimum atomic E-state index is 0.605. The molecule has 0 aliphatic heterocycles. The highest BCUT2D eigenvalue weighted by Gasteiger charge is 2.22. The van der Waals surface area contributed by atoms with E-state index in [2.05, 4.69) is 150 Å². The van der Waals surface area contributed by atoms with Gasteiger partial charge in [-0.3, -0.25) is 0 Å². The molecule has 0 unspecified atom stereocenters. The Labute approximate surface area is 314 Å². The zero-order valence-electron chi connectivity index (χ0n) is 29.7. The topological polar surface area (TPSA) is 59.9 Å². The number of furan rings is 2. The average Bonchev–Trinajstić information content (AvgIpc) is 3.97. The molecule has 0 aliphatic rings. The van der Waals surface area contributed by atoms with E-state index >= 15 is 0 Å². The lowest BCUT2D eigenvalue weighted by molar-refractivity contribution is 0.669. The minimum Gasteiger partial charge on any atom is -0.456 e. The molecular formula is C50H29N3O2. The lowest BCUT2D eigenvalue weighted by Crippen LogP contribution is -2.01. The van der Waals surface area contributed by atoms with Crippen molar-refractivity contribution in [2.24, 2.45) is 0 Å². The zero-order chi connectivity index (χ0) is 36.4. The van der Waals surface area contributed by atoms with E-state index in [1.807, 2.05) is 30.3 Å². The number of benzene rings is 8. The molecule has 0 saturated carbocycles. The molecular weight excluding hydrogens is 675 g/mol. The summed E-state index contributed by atoms with van der Waals surface area (Å²) in [7, 11) is 0. The Balaban J connectivity index is 1.10. The van der Waals surface area contributed by atoms with Crippen molar-refractivity contribution in [3.63, 3.8) is 0 Å². The largest absolute Gasteiger partial charge is 0.456 e. The predicted octanol–water partition coefficient (Wildman–Crippen LogP) is 13.5. The summed E-state index contributed by atoms with van der Waals surface area (Å²) in [6, 6.07) is 57.6. The van der Waals surface area contributed by atoms with Gasteiger partial charge >= 0.3 is 0 Å². The second kappa shape index (κ2) is 11.0. The molecule has 5 nitrogen and oxygen atoms in total. The van der Waals surface area contributed by atoms with Crippen molar-refractivity contribution in [1.29, 1.82) is 5.26 Å². The molecule has 0 amide bonds. The Morgan fingerprint density at radius 1 is 0.473 bits per heavy atom. The van der Waals surface area contributed by atoms with Gasteiger partial charge in [0.05, 0.1) is 38.7 Å². The first-order valence-corrected chi connectivity index (χ1v) is 18.5. The molecule has 0 radical (unpaired) electrons. The predicted molar refractivity (Wildman–Crippen MR) is 225 cm³/mol. The van der Waals surface area contributed by atoms with Crippen LogP contribution in [0.5, 0.6) is 0 Å². The van der Waals surface area contributed by atoms with E-state index in [1.54, 1.807) is 0 Å². The third kappa shape index (κ3) is 4.11. The first kappa shape index (κ1) is 30.0. The molecule has 12 aromatic rings. The maximum absolute atomic E-state index is 10.7. The number of hydrogen-bond donors (Lipinski definition) is 0. The molecule has 0 saturated heterocycles. The van der Waals surface area contributed by atoms with E-state index in [4.69, 9.17) is 8.83 Å². The number of hydrogen-bond acceptors (Lipinski definition) is 3. The van der Waals surface area contributed by atoms with Gasteiger partial charge in [0, 0.05) is 49.0 Å². The SMILES string of the molecule is Cc1ccc2oc3ccc4c5ccccc5n(-c5ccc(-c6cccc(C#N)c6-n6c7ccccc7c7cc8oc9ccccc9c8cc76)cc5)c4c3c2c1. The molecule has 12 rings (SSSR count). The molecule has 8 aromatic carbocycles. The number of nitrogens with zero attached hydrogens (tertiary/aromatic N) is 3. The van der Waals surface area contributed by atoms with Gasteiger partial charge in [-0.1, -0.05) is 90.5 Å². The summed E-state index contributed by atoms with van der Waals surface area (Å²) in [4.78, 5) is 0. The number of aromatic nitrogens is 2. The zero-order valence-corrected chi connectivity index (χ0v) is 29.7. The molecule has 4 heterocycles. The number of fused-ring (bicyclic) bond motifs is 13. The van der Waals surface area contributed by atoms with Crippen LogP contribution in [0.1, 0.15) is 11.1 Å². The van der Waals surface area contributed by atoms with Gasteiger partial charge < -0.3 is 18.0 Å². The second-order valence-electron chi connectivity index (χ2n) is 14.5. The van der Waals surface area contributed by atoms with E-state index in [1.165, 1.54) is 16.3 Å². The number of nitriles is 1. The monoisotopic (exact) mass is 703 g/mol. The molecule has 0 fully saturated rings. The van der Waals surface area contributed by atoms with Gasteiger partial charge in [0.2, 0.25) is 0 Å². The van der Waals surface area contributed by atoms with Crippen molar-refractivity contribution in [2.45, 2.75) is 6.92 Å². The third-order valence-electron chi connectivity index (χ3n) is 11.4. The normalized spacial score (nSPS) is 12.1. The highest BCUT2D eigenvalue weighted by molar-refractivity contribution is 6.24. The van der Waals surface area contributed by atoms with Gasteiger partial charge in [0.25, 0.3) is 0 Å². The van der Waals surface area contributed by atoms with Gasteiger partial charge in [-0.25, -0.2) is 0 Å². The Kier molecular flexibility index (Phi) is 5.99. The molecule has 0 atom stereocenters. The van der Waals surface area contributed by atoms with Gasteiger partial charge in [-0.15, -0.1) is 0 Å². The Morgan fingerprint density at radius 2 is 1.16 bits per heavy atom. The molecule has 0 bridgehead atoms. The number of rotatable bonds is 3. The molecule has 5 heteroatoms. The average molecular weight is 704 g/mol.